The molecule has 0 bridgehead atoms. The highest BCUT2D eigenvalue weighted by Gasteiger charge is 2.13. The van der Waals surface area contributed by atoms with Crippen LogP contribution in [0.3, 0.4) is 0 Å². The van der Waals surface area contributed by atoms with E-state index in [1.165, 1.54) is 4.57 Å². The SMILES string of the molecule is COc1cccc(-n2c(C(C)N)n[nH]c2=O)c1. The molecule has 6 heteroatoms. The molecule has 0 aliphatic carbocycles. The van der Waals surface area contributed by atoms with E-state index in [1.54, 1.807) is 38.3 Å². The molecule has 0 radical (unpaired) electrons. The van der Waals surface area contributed by atoms with Crippen molar-refractivity contribution in [2.45, 2.75) is 13.0 Å². The van der Waals surface area contributed by atoms with E-state index in [1.807, 2.05) is 0 Å². The molecular formula is C11H14N4O2. The zero-order valence-corrected chi connectivity index (χ0v) is 9.68. The van der Waals surface area contributed by atoms with Crippen molar-refractivity contribution >= 4 is 0 Å². The summed E-state index contributed by atoms with van der Waals surface area (Å²) in [7, 11) is 1.57. The van der Waals surface area contributed by atoms with Crippen LogP contribution in [0.1, 0.15) is 18.8 Å². The van der Waals surface area contributed by atoms with Gasteiger partial charge in [0.05, 0.1) is 18.8 Å². The van der Waals surface area contributed by atoms with Crippen molar-refractivity contribution in [3.8, 4) is 11.4 Å². The summed E-state index contributed by atoms with van der Waals surface area (Å²) in [5, 5.41) is 6.30. The Morgan fingerprint density at radius 2 is 2.29 bits per heavy atom. The minimum Gasteiger partial charge on any atom is -0.497 e. The van der Waals surface area contributed by atoms with E-state index in [-0.39, 0.29) is 11.7 Å². The van der Waals surface area contributed by atoms with Crippen molar-refractivity contribution in [2.24, 2.45) is 5.73 Å². The van der Waals surface area contributed by atoms with Crippen LogP contribution in [0.4, 0.5) is 0 Å². The topological polar surface area (TPSA) is 85.9 Å². The number of nitrogens with one attached hydrogen (secondary N) is 1. The van der Waals surface area contributed by atoms with E-state index < -0.39 is 0 Å². The zero-order chi connectivity index (χ0) is 12.4. The Balaban J connectivity index is 2.59. The number of aromatic nitrogens is 3. The molecule has 0 aliphatic rings. The van der Waals surface area contributed by atoms with Gasteiger partial charge in [-0.3, -0.25) is 0 Å². The summed E-state index contributed by atoms with van der Waals surface area (Å²) in [5.41, 5.74) is 6.12. The van der Waals surface area contributed by atoms with Crippen LogP contribution in [0.5, 0.6) is 5.75 Å². The Bertz CT molecular complexity index is 571. The summed E-state index contributed by atoms with van der Waals surface area (Å²) in [6.45, 7) is 1.77. The van der Waals surface area contributed by atoms with Gasteiger partial charge in [0.15, 0.2) is 5.82 Å². The van der Waals surface area contributed by atoms with Crippen LogP contribution in [0, 0.1) is 0 Å². The lowest BCUT2D eigenvalue weighted by atomic mass is 10.2. The number of ether oxygens (including phenoxy) is 1. The van der Waals surface area contributed by atoms with E-state index >= 15 is 0 Å². The van der Waals surface area contributed by atoms with Gasteiger partial charge in [-0.05, 0) is 19.1 Å². The van der Waals surface area contributed by atoms with Crippen LogP contribution in [0.25, 0.3) is 5.69 Å². The first-order valence-corrected chi connectivity index (χ1v) is 5.21. The van der Waals surface area contributed by atoms with Crippen molar-refractivity contribution in [1.82, 2.24) is 14.8 Å². The van der Waals surface area contributed by atoms with Gasteiger partial charge in [-0.15, -0.1) is 0 Å². The number of methoxy groups -OCH3 is 1. The average Bonchev–Trinajstić information content (AvgIpc) is 2.71. The first-order valence-electron chi connectivity index (χ1n) is 5.21. The summed E-state index contributed by atoms with van der Waals surface area (Å²) in [4.78, 5) is 11.7. The first kappa shape index (κ1) is 11.4. The van der Waals surface area contributed by atoms with Crippen LogP contribution in [-0.2, 0) is 0 Å². The summed E-state index contributed by atoms with van der Waals surface area (Å²) < 4.78 is 6.55. The molecule has 0 saturated heterocycles. The molecule has 1 unspecified atom stereocenters. The second-order valence-corrected chi connectivity index (χ2v) is 3.71. The van der Waals surface area contributed by atoms with Gasteiger partial charge in [0, 0.05) is 6.07 Å². The van der Waals surface area contributed by atoms with Gasteiger partial charge in [-0.2, -0.15) is 5.10 Å². The molecule has 1 atom stereocenters. The van der Waals surface area contributed by atoms with E-state index in [0.717, 1.165) is 0 Å². The third-order valence-electron chi connectivity index (χ3n) is 2.42. The smallest absolute Gasteiger partial charge is 0.347 e. The largest absolute Gasteiger partial charge is 0.497 e. The average molecular weight is 234 g/mol. The number of benzene rings is 1. The predicted octanol–water partition coefficient (Wildman–Crippen LogP) is 0.589. The number of aromatic amines is 1. The van der Waals surface area contributed by atoms with E-state index in [2.05, 4.69) is 10.2 Å². The molecule has 6 nitrogen and oxygen atoms in total. The normalized spacial score (nSPS) is 12.4. The third kappa shape index (κ3) is 2.07. The number of rotatable bonds is 3. The fraction of sp³-hybridized carbons (Fsp3) is 0.273. The Morgan fingerprint density at radius 3 is 2.94 bits per heavy atom. The fourth-order valence-electron chi connectivity index (χ4n) is 1.61. The number of H-pyrrole nitrogens is 1. The van der Waals surface area contributed by atoms with E-state index in [9.17, 15) is 4.79 Å². The molecule has 1 heterocycles. The molecular weight excluding hydrogens is 220 g/mol. The Kier molecular flexibility index (Phi) is 2.97. The fourth-order valence-corrected chi connectivity index (χ4v) is 1.61. The van der Waals surface area contributed by atoms with Crippen LogP contribution >= 0.6 is 0 Å². The van der Waals surface area contributed by atoms with E-state index in [4.69, 9.17) is 10.5 Å². The van der Waals surface area contributed by atoms with Crippen molar-refractivity contribution < 1.29 is 4.74 Å². The molecule has 0 amide bonds. The maximum atomic E-state index is 11.7. The molecule has 1 aromatic heterocycles. The maximum Gasteiger partial charge on any atom is 0.347 e. The highest BCUT2D eigenvalue weighted by atomic mass is 16.5. The second-order valence-electron chi connectivity index (χ2n) is 3.71. The lowest BCUT2D eigenvalue weighted by Crippen LogP contribution is -2.20. The van der Waals surface area contributed by atoms with Gasteiger partial charge in [-0.1, -0.05) is 6.07 Å². The molecule has 2 rings (SSSR count). The van der Waals surface area contributed by atoms with Gasteiger partial charge in [0.1, 0.15) is 5.75 Å². The molecule has 90 valence electrons. The molecule has 0 fully saturated rings. The first-order chi connectivity index (χ1) is 8.13. The minimum atomic E-state index is -0.333. The summed E-state index contributed by atoms with van der Waals surface area (Å²) in [5.74, 6) is 1.16. The molecule has 17 heavy (non-hydrogen) atoms. The Labute approximate surface area is 98.0 Å². The van der Waals surface area contributed by atoms with Gasteiger partial charge in [0.25, 0.3) is 0 Å². The van der Waals surface area contributed by atoms with Crippen LogP contribution in [-0.4, -0.2) is 21.9 Å². The number of hydrogen-bond donors (Lipinski definition) is 2. The lowest BCUT2D eigenvalue weighted by molar-refractivity contribution is 0.414. The molecule has 0 saturated carbocycles. The predicted molar refractivity (Wildman–Crippen MR) is 63.3 cm³/mol. The highest BCUT2D eigenvalue weighted by Crippen LogP contribution is 2.17. The van der Waals surface area contributed by atoms with Crippen LogP contribution in [0.15, 0.2) is 29.1 Å². The maximum absolute atomic E-state index is 11.7. The number of nitrogens with two attached hydrogens (primary N) is 1. The monoisotopic (exact) mass is 234 g/mol. The zero-order valence-electron chi connectivity index (χ0n) is 9.68. The summed E-state index contributed by atoms with van der Waals surface area (Å²) in [6.07, 6.45) is 0. The Hall–Kier alpha value is -2.08. The quantitative estimate of drug-likeness (QED) is 0.813. The van der Waals surface area contributed by atoms with Gasteiger partial charge in [-0.25, -0.2) is 14.5 Å². The van der Waals surface area contributed by atoms with Crippen molar-refractivity contribution in [1.29, 1.82) is 0 Å². The standard InChI is InChI=1S/C11H14N4O2/c1-7(12)10-13-14-11(16)15(10)8-4-3-5-9(6-8)17-2/h3-7H,12H2,1-2H3,(H,14,16). The lowest BCUT2D eigenvalue weighted by Gasteiger charge is -2.09. The van der Waals surface area contributed by atoms with Crippen LogP contribution in [0.2, 0.25) is 0 Å². The number of nitrogens with zero attached hydrogens (tertiary/aromatic N) is 2. The molecule has 2 aromatic rings. The number of hydrogen-bond acceptors (Lipinski definition) is 4. The Morgan fingerprint density at radius 1 is 1.53 bits per heavy atom. The minimum absolute atomic E-state index is 0.314. The van der Waals surface area contributed by atoms with Gasteiger partial charge >= 0.3 is 5.69 Å². The van der Waals surface area contributed by atoms with E-state index in [0.29, 0.717) is 17.3 Å². The molecule has 0 spiro atoms. The second kappa shape index (κ2) is 4.42. The third-order valence-corrected chi connectivity index (χ3v) is 2.42. The highest BCUT2D eigenvalue weighted by molar-refractivity contribution is 5.39. The van der Waals surface area contributed by atoms with Gasteiger partial charge < -0.3 is 10.5 Å². The van der Waals surface area contributed by atoms with Crippen molar-refractivity contribution in [2.75, 3.05) is 7.11 Å². The molecule has 1 aromatic carbocycles. The summed E-state index contributed by atoms with van der Waals surface area (Å²) >= 11 is 0. The summed E-state index contributed by atoms with van der Waals surface area (Å²) in [6, 6.07) is 6.83. The molecule has 3 N–H and O–H groups in total. The molecule has 0 aliphatic heterocycles. The van der Waals surface area contributed by atoms with Gasteiger partial charge in [0.2, 0.25) is 0 Å². The van der Waals surface area contributed by atoms with Crippen molar-refractivity contribution in [3.05, 3.63) is 40.6 Å². The van der Waals surface area contributed by atoms with Crippen molar-refractivity contribution in [3.63, 3.8) is 0 Å². The van der Waals surface area contributed by atoms with Crippen LogP contribution < -0.4 is 16.2 Å².